The number of aryl methyl sites for hydroxylation is 1. The molecule has 0 aromatic carbocycles. The van der Waals surface area contributed by atoms with Gasteiger partial charge >= 0.3 is 5.97 Å². The molecule has 12 nitrogen and oxygen atoms in total. The quantitative estimate of drug-likeness (QED) is 0.370. The van der Waals surface area contributed by atoms with Gasteiger partial charge in [-0.15, -0.1) is 0 Å². The van der Waals surface area contributed by atoms with Crippen molar-refractivity contribution in [3.63, 3.8) is 0 Å². The van der Waals surface area contributed by atoms with Crippen LogP contribution in [0, 0.1) is 0 Å². The molecule has 0 radical (unpaired) electrons. The number of imidazole rings is 1. The van der Waals surface area contributed by atoms with E-state index in [-0.39, 0.29) is 11.5 Å². The van der Waals surface area contributed by atoms with Crippen LogP contribution in [0.3, 0.4) is 0 Å². The van der Waals surface area contributed by atoms with E-state index >= 15 is 0 Å². The Hall–Kier alpha value is -4.16. The third-order valence-electron chi connectivity index (χ3n) is 5.98. The SMILES string of the molecule is CNc1nc(Nc2ccc(CN3CCOCC3)nc2)c(C(=O)OC)nc1-c1cncc2c1ncn2C. The molecule has 1 fully saturated rings. The van der Waals surface area contributed by atoms with Crippen molar-refractivity contribution in [2.45, 2.75) is 6.54 Å². The molecule has 5 rings (SSSR count). The fourth-order valence-electron chi connectivity index (χ4n) is 4.06. The molecular weight excluding hydrogens is 462 g/mol. The molecule has 5 heterocycles. The van der Waals surface area contributed by atoms with Crippen LogP contribution >= 0.6 is 0 Å². The minimum atomic E-state index is -0.619. The number of carbonyl (C=O) groups excluding carboxylic acids is 1. The summed E-state index contributed by atoms with van der Waals surface area (Å²) in [5.41, 5.74) is 4.29. The maximum Gasteiger partial charge on any atom is 0.360 e. The number of nitrogens with zero attached hydrogens (tertiary/aromatic N) is 7. The lowest BCUT2D eigenvalue weighted by atomic mass is 10.1. The molecule has 4 aromatic rings. The Bertz CT molecular complexity index is 1380. The Labute approximate surface area is 207 Å². The van der Waals surface area contributed by atoms with Crippen LogP contribution in [-0.2, 0) is 23.1 Å². The van der Waals surface area contributed by atoms with Gasteiger partial charge in [-0.2, -0.15) is 0 Å². The van der Waals surface area contributed by atoms with Crippen molar-refractivity contribution in [3.05, 3.63) is 48.4 Å². The molecule has 36 heavy (non-hydrogen) atoms. The number of methoxy groups -OCH3 is 1. The summed E-state index contributed by atoms with van der Waals surface area (Å²) in [5.74, 6) is 0.0905. The van der Waals surface area contributed by atoms with Crippen molar-refractivity contribution in [1.29, 1.82) is 0 Å². The zero-order valence-corrected chi connectivity index (χ0v) is 20.4. The summed E-state index contributed by atoms with van der Waals surface area (Å²) < 4.78 is 12.3. The monoisotopic (exact) mass is 489 g/mol. The van der Waals surface area contributed by atoms with E-state index < -0.39 is 5.97 Å². The predicted octanol–water partition coefficient (Wildman–Crippen LogP) is 2.22. The van der Waals surface area contributed by atoms with Gasteiger partial charge in [0.25, 0.3) is 0 Å². The maximum absolute atomic E-state index is 12.7. The van der Waals surface area contributed by atoms with Crippen LogP contribution in [0.4, 0.5) is 17.3 Å². The maximum atomic E-state index is 12.7. The number of hydrogen-bond donors (Lipinski definition) is 2. The summed E-state index contributed by atoms with van der Waals surface area (Å²) in [6, 6.07) is 3.85. The minimum absolute atomic E-state index is 0.0387. The lowest BCUT2D eigenvalue weighted by Crippen LogP contribution is -2.35. The van der Waals surface area contributed by atoms with E-state index in [0.717, 1.165) is 44.1 Å². The molecule has 0 aliphatic carbocycles. The first-order valence-corrected chi connectivity index (χ1v) is 11.5. The van der Waals surface area contributed by atoms with Gasteiger partial charge in [0.2, 0.25) is 0 Å². The molecule has 0 atom stereocenters. The Morgan fingerprint density at radius 1 is 1.11 bits per heavy atom. The van der Waals surface area contributed by atoms with E-state index in [1.165, 1.54) is 7.11 Å². The van der Waals surface area contributed by atoms with Gasteiger partial charge in [-0.25, -0.2) is 19.7 Å². The molecule has 0 unspecified atom stereocenters. The molecule has 1 aliphatic heterocycles. The highest BCUT2D eigenvalue weighted by molar-refractivity contribution is 5.97. The molecular formula is C24H27N9O3. The molecule has 12 heteroatoms. The number of hydrogen-bond acceptors (Lipinski definition) is 11. The average molecular weight is 490 g/mol. The normalized spacial score (nSPS) is 14.1. The first-order chi connectivity index (χ1) is 17.6. The van der Waals surface area contributed by atoms with Crippen molar-refractivity contribution >= 4 is 34.3 Å². The molecule has 186 valence electrons. The first-order valence-electron chi connectivity index (χ1n) is 11.5. The number of anilines is 3. The Morgan fingerprint density at radius 2 is 1.94 bits per heavy atom. The first kappa shape index (κ1) is 23.6. The van der Waals surface area contributed by atoms with E-state index in [2.05, 4.69) is 40.5 Å². The second-order valence-corrected chi connectivity index (χ2v) is 8.32. The van der Waals surface area contributed by atoms with Gasteiger partial charge in [0.1, 0.15) is 11.2 Å². The van der Waals surface area contributed by atoms with Crippen molar-refractivity contribution in [1.82, 2.24) is 34.4 Å². The highest BCUT2D eigenvalue weighted by atomic mass is 16.5. The number of morpholine rings is 1. The van der Waals surface area contributed by atoms with Gasteiger partial charge in [-0.3, -0.25) is 14.9 Å². The van der Waals surface area contributed by atoms with Crippen LogP contribution in [0.5, 0.6) is 0 Å². The Balaban J connectivity index is 1.48. The van der Waals surface area contributed by atoms with E-state index in [9.17, 15) is 4.79 Å². The molecule has 2 N–H and O–H groups in total. The zero-order valence-electron chi connectivity index (χ0n) is 20.4. The standard InChI is InChI=1S/C24H27N9O3/c1-25-22-20(17-11-26-12-18-19(17)28-14-32(18)2)30-21(24(34)35-3)23(31-22)29-15-4-5-16(27-10-15)13-33-6-8-36-9-7-33/h4-5,10-12,14H,6-9,13H2,1-3H3,(H2,25,29,31). The predicted molar refractivity (Wildman–Crippen MR) is 134 cm³/mol. The fourth-order valence-corrected chi connectivity index (χ4v) is 4.06. The lowest BCUT2D eigenvalue weighted by Gasteiger charge is -2.26. The number of rotatable bonds is 7. The minimum Gasteiger partial charge on any atom is -0.464 e. The van der Waals surface area contributed by atoms with Gasteiger partial charge in [-0.1, -0.05) is 0 Å². The number of ether oxygens (including phenoxy) is 2. The molecule has 0 amide bonds. The Morgan fingerprint density at radius 3 is 2.67 bits per heavy atom. The summed E-state index contributed by atoms with van der Waals surface area (Å²) in [4.78, 5) is 37.7. The van der Waals surface area contributed by atoms with Crippen molar-refractivity contribution in [2.24, 2.45) is 7.05 Å². The van der Waals surface area contributed by atoms with Crippen molar-refractivity contribution in [3.8, 4) is 11.3 Å². The largest absolute Gasteiger partial charge is 0.464 e. The lowest BCUT2D eigenvalue weighted by molar-refractivity contribution is 0.0336. The molecule has 4 aromatic heterocycles. The summed E-state index contributed by atoms with van der Waals surface area (Å²) in [5, 5.41) is 6.24. The number of carbonyl (C=O) groups is 1. The smallest absolute Gasteiger partial charge is 0.360 e. The van der Waals surface area contributed by atoms with Gasteiger partial charge in [0, 0.05) is 39.9 Å². The van der Waals surface area contributed by atoms with Crippen LogP contribution in [0.15, 0.2) is 37.1 Å². The van der Waals surface area contributed by atoms with Crippen LogP contribution in [0.2, 0.25) is 0 Å². The van der Waals surface area contributed by atoms with Crippen molar-refractivity contribution < 1.29 is 14.3 Å². The van der Waals surface area contributed by atoms with Crippen LogP contribution in [-0.4, -0.2) is 80.8 Å². The Kier molecular flexibility index (Phi) is 6.69. The summed E-state index contributed by atoms with van der Waals surface area (Å²) in [6.07, 6.45) is 6.80. The number of aromatic nitrogens is 6. The summed E-state index contributed by atoms with van der Waals surface area (Å²) in [6.45, 7) is 4.01. The van der Waals surface area contributed by atoms with Crippen molar-refractivity contribution in [2.75, 3.05) is 51.1 Å². The van der Waals surface area contributed by atoms with Crippen LogP contribution in [0.25, 0.3) is 22.3 Å². The number of esters is 1. The van der Waals surface area contributed by atoms with Crippen LogP contribution in [0.1, 0.15) is 16.2 Å². The summed E-state index contributed by atoms with van der Waals surface area (Å²) >= 11 is 0. The fraction of sp³-hybridized carbons (Fsp3) is 0.333. The molecule has 1 aliphatic rings. The summed E-state index contributed by atoms with van der Waals surface area (Å²) in [7, 11) is 4.93. The van der Waals surface area contributed by atoms with Gasteiger partial charge in [-0.05, 0) is 12.1 Å². The number of pyridine rings is 2. The topological polar surface area (TPSA) is 132 Å². The van der Waals surface area contributed by atoms with Gasteiger partial charge in [0.05, 0.1) is 61.5 Å². The number of fused-ring (bicyclic) bond motifs is 1. The molecule has 0 spiro atoms. The van der Waals surface area contributed by atoms with E-state index in [1.54, 1.807) is 32.0 Å². The second kappa shape index (κ2) is 10.2. The van der Waals surface area contributed by atoms with Crippen LogP contribution < -0.4 is 10.6 Å². The second-order valence-electron chi connectivity index (χ2n) is 8.32. The highest BCUT2D eigenvalue weighted by Crippen LogP contribution is 2.32. The third kappa shape index (κ3) is 4.68. The number of nitrogens with one attached hydrogen (secondary N) is 2. The zero-order chi connectivity index (χ0) is 25.1. The highest BCUT2D eigenvalue weighted by Gasteiger charge is 2.23. The van der Waals surface area contributed by atoms with E-state index in [1.807, 2.05) is 23.7 Å². The molecule has 0 bridgehead atoms. The molecule has 0 saturated carbocycles. The van der Waals surface area contributed by atoms with E-state index in [0.29, 0.717) is 28.3 Å². The van der Waals surface area contributed by atoms with Gasteiger partial charge < -0.3 is 24.7 Å². The molecule has 1 saturated heterocycles. The van der Waals surface area contributed by atoms with E-state index in [4.69, 9.17) is 9.47 Å². The van der Waals surface area contributed by atoms with Gasteiger partial charge in [0.15, 0.2) is 17.3 Å². The average Bonchev–Trinajstić information content (AvgIpc) is 3.30. The third-order valence-corrected chi connectivity index (χ3v) is 5.98.